The first-order chi connectivity index (χ1) is 16.7. The molecule has 1 amide bonds. The van der Waals surface area contributed by atoms with E-state index in [1.807, 2.05) is 42.5 Å². The zero-order valence-electron chi connectivity index (χ0n) is 20.5. The summed E-state index contributed by atoms with van der Waals surface area (Å²) < 4.78 is 10.4. The Hall–Kier alpha value is -3.93. The number of hydrogen-bond acceptors (Lipinski definition) is 5. The lowest BCUT2D eigenvalue weighted by Crippen LogP contribution is -2.43. The highest BCUT2D eigenvalue weighted by atomic mass is 16.5. The second-order valence-electron chi connectivity index (χ2n) is 9.30. The number of ketones is 1. The summed E-state index contributed by atoms with van der Waals surface area (Å²) in [5.74, 6) is -0.775. The molecule has 1 N–H and O–H groups in total. The Bertz CT molecular complexity index is 1150. The van der Waals surface area contributed by atoms with Crippen LogP contribution in [0.2, 0.25) is 0 Å². The molecule has 182 valence electrons. The van der Waals surface area contributed by atoms with Crippen LogP contribution >= 0.6 is 0 Å². The minimum absolute atomic E-state index is 0.0366. The van der Waals surface area contributed by atoms with E-state index in [1.165, 1.54) is 0 Å². The van der Waals surface area contributed by atoms with E-state index in [9.17, 15) is 14.4 Å². The summed E-state index contributed by atoms with van der Waals surface area (Å²) in [6.07, 6.45) is 0.238. The molecule has 6 nitrogen and oxygen atoms in total. The molecule has 0 aliphatic rings. The zero-order chi connectivity index (χ0) is 25.4. The Balaban J connectivity index is 1.70. The van der Waals surface area contributed by atoms with Crippen molar-refractivity contribution in [1.82, 2.24) is 5.32 Å². The summed E-state index contributed by atoms with van der Waals surface area (Å²) in [7, 11) is 1.54. The molecular weight excluding hydrogens is 442 g/mol. The smallest absolute Gasteiger partial charge is 0.329 e. The maximum atomic E-state index is 12.9. The molecule has 0 aliphatic heterocycles. The van der Waals surface area contributed by atoms with E-state index in [0.29, 0.717) is 16.9 Å². The molecule has 1 atom stereocenters. The second kappa shape index (κ2) is 11.5. The van der Waals surface area contributed by atoms with Gasteiger partial charge in [-0.25, -0.2) is 4.79 Å². The maximum Gasteiger partial charge on any atom is 0.329 e. The van der Waals surface area contributed by atoms with E-state index in [2.05, 4.69) is 26.1 Å². The van der Waals surface area contributed by atoms with Gasteiger partial charge in [-0.1, -0.05) is 63.2 Å². The lowest BCUT2D eigenvalue weighted by molar-refractivity contribution is -0.144. The van der Waals surface area contributed by atoms with E-state index >= 15 is 0 Å². The van der Waals surface area contributed by atoms with Gasteiger partial charge in [-0.3, -0.25) is 9.59 Å². The number of amides is 1. The van der Waals surface area contributed by atoms with Crippen LogP contribution in [0.5, 0.6) is 5.75 Å². The number of ether oxygens (including phenoxy) is 2. The minimum atomic E-state index is -0.948. The first kappa shape index (κ1) is 25.7. The van der Waals surface area contributed by atoms with E-state index in [1.54, 1.807) is 43.5 Å². The third kappa shape index (κ3) is 7.27. The van der Waals surface area contributed by atoms with Crippen LogP contribution in [0.4, 0.5) is 0 Å². The summed E-state index contributed by atoms with van der Waals surface area (Å²) >= 11 is 0. The molecule has 35 heavy (non-hydrogen) atoms. The predicted molar refractivity (Wildman–Crippen MR) is 135 cm³/mol. The highest BCUT2D eigenvalue weighted by Crippen LogP contribution is 2.22. The lowest BCUT2D eigenvalue weighted by Gasteiger charge is -2.20. The van der Waals surface area contributed by atoms with Crippen LogP contribution in [-0.4, -0.2) is 37.4 Å². The topological polar surface area (TPSA) is 81.7 Å². The number of carbonyl (C=O) groups is 3. The fraction of sp³-hybridized carbons (Fsp3) is 0.276. The molecule has 0 radical (unpaired) electrons. The Morgan fingerprint density at radius 1 is 0.829 bits per heavy atom. The van der Waals surface area contributed by atoms with E-state index < -0.39 is 18.6 Å². The number of esters is 1. The van der Waals surface area contributed by atoms with Crippen LogP contribution in [0.1, 0.15) is 52.6 Å². The predicted octanol–water partition coefficient (Wildman–Crippen LogP) is 4.76. The van der Waals surface area contributed by atoms with Crippen molar-refractivity contribution in [3.05, 3.63) is 101 Å². The number of hydrogen-bond donors (Lipinski definition) is 1. The minimum Gasteiger partial charge on any atom is -0.497 e. The summed E-state index contributed by atoms with van der Waals surface area (Å²) in [5.41, 5.74) is 2.77. The van der Waals surface area contributed by atoms with Crippen molar-refractivity contribution in [2.75, 3.05) is 13.7 Å². The molecule has 3 aromatic rings. The Morgan fingerprint density at radius 2 is 1.43 bits per heavy atom. The fourth-order valence-corrected chi connectivity index (χ4v) is 3.50. The molecule has 0 aliphatic carbocycles. The molecule has 6 heteroatoms. The molecule has 0 bridgehead atoms. The Labute approximate surface area is 206 Å². The van der Waals surface area contributed by atoms with Crippen molar-refractivity contribution in [2.45, 2.75) is 38.6 Å². The van der Waals surface area contributed by atoms with Crippen LogP contribution in [0.3, 0.4) is 0 Å². The third-order valence-corrected chi connectivity index (χ3v) is 5.64. The second-order valence-corrected chi connectivity index (χ2v) is 9.30. The van der Waals surface area contributed by atoms with Crippen molar-refractivity contribution in [3.63, 3.8) is 0 Å². The number of benzene rings is 3. The molecule has 0 saturated carbocycles. The van der Waals surface area contributed by atoms with Gasteiger partial charge in [0, 0.05) is 17.5 Å². The van der Waals surface area contributed by atoms with Crippen LogP contribution in [-0.2, 0) is 21.4 Å². The number of methoxy groups -OCH3 is 1. The summed E-state index contributed by atoms with van der Waals surface area (Å²) in [6.45, 7) is 5.87. The van der Waals surface area contributed by atoms with Crippen molar-refractivity contribution in [2.24, 2.45) is 0 Å². The first-order valence-corrected chi connectivity index (χ1v) is 11.5. The molecule has 0 heterocycles. The van der Waals surface area contributed by atoms with Gasteiger partial charge < -0.3 is 14.8 Å². The normalized spacial score (nSPS) is 11.9. The average molecular weight is 474 g/mol. The van der Waals surface area contributed by atoms with Crippen molar-refractivity contribution < 1.29 is 23.9 Å². The molecule has 0 fully saturated rings. The zero-order valence-corrected chi connectivity index (χ0v) is 20.5. The van der Waals surface area contributed by atoms with Crippen LogP contribution in [0.25, 0.3) is 0 Å². The van der Waals surface area contributed by atoms with Gasteiger partial charge in [0.15, 0.2) is 12.4 Å². The van der Waals surface area contributed by atoms with Crippen molar-refractivity contribution in [1.29, 1.82) is 0 Å². The highest BCUT2D eigenvalue weighted by Gasteiger charge is 2.25. The quantitative estimate of drug-likeness (QED) is 0.358. The van der Waals surface area contributed by atoms with E-state index in [0.717, 1.165) is 11.1 Å². The van der Waals surface area contributed by atoms with Gasteiger partial charge in [-0.05, 0) is 52.9 Å². The average Bonchev–Trinajstić information content (AvgIpc) is 2.86. The molecule has 3 aromatic carbocycles. The summed E-state index contributed by atoms with van der Waals surface area (Å²) in [4.78, 5) is 38.3. The van der Waals surface area contributed by atoms with Gasteiger partial charge in [0.2, 0.25) is 0 Å². The maximum absolute atomic E-state index is 12.9. The van der Waals surface area contributed by atoms with Gasteiger partial charge >= 0.3 is 5.97 Å². The van der Waals surface area contributed by atoms with Gasteiger partial charge in [0.1, 0.15) is 11.8 Å². The van der Waals surface area contributed by atoms with E-state index in [-0.39, 0.29) is 23.5 Å². The monoisotopic (exact) mass is 473 g/mol. The van der Waals surface area contributed by atoms with Crippen LogP contribution < -0.4 is 10.1 Å². The number of carbonyl (C=O) groups excluding carboxylic acids is 3. The highest BCUT2D eigenvalue weighted by molar-refractivity contribution is 5.99. The largest absolute Gasteiger partial charge is 0.497 e. The molecule has 3 rings (SSSR count). The van der Waals surface area contributed by atoms with Crippen LogP contribution in [0.15, 0.2) is 78.9 Å². The number of Topliss-reactive ketones (excluding diaryl/α,β-unsaturated/α-hetero) is 1. The molecular formula is C29H31NO5. The summed E-state index contributed by atoms with van der Waals surface area (Å²) in [5, 5.41) is 2.78. The lowest BCUT2D eigenvalue weighted by atomic mass is 9.86. The number of nitrogens with one attached hydrogen (secondary N) is 1. The molecule has 0 aromatic heterocycles. The Kier molecular flexibility index (Phi) is 8.42. The molecule has 0 saturated heterocycles. The molecule has 0 unspecified atom stereocenters. The molecule has 0 spiro atoms. The van der Waals surface area contributed by atoms with Crippen molar-refractivity contribution in [3.8, 4) is 5.75 Å². The van der Waals surface area contributed by atoms with E-state index in [4.69, 9.17) is 9.47 Å². The third-order valence-electron chi connectivity index (χ3n) is 5.64. The Morgan fingerprint density at radius 3 is 2.00 bits per heavy atom. The van der Waals surface area contributed by atoms with Gasteiger partial charge in [0.25, 0.3) is 5.91 Å². The van der Waals surface area contributed by atoms with Gasteiger partial charge in [-0.2, -0.15) is 0 Å². The van der Waals surface area contributed by atoms with Gasteiger partial charge in [0.05, 0.1) is 7.11 Å². The first-order valence-electron chi connectivity index (χ1n) is 11.5. The SMILES string of the molecule is COc1ccc(C(=O)COC(=O)[C@@H](Cc2ccccc2)NC(=O)c2ccc(C(C)(C)C)cc2)cc1. The fourth-order valence-electron chi connectivity index (χ4n) is 3.50. The number of rotatable bonds is 9. The van der Waals surface area contributed by atoms with Crippen LogP contribution in [0, 0.1) is 0 Å². The summed E-state index contributed by atoms with van der Waals surface area (Å²) in [6, 6.07) is 22.2. The van der Waals surface area contributed by atoms with Crippen molar-refractivity contribution >= 4 is 17.7 Å². The van der Waals surface area contributed by atoms with Gasteiger partial charge in [-0.15, -0.1) is 0 Å². The standard InChI is InChI=1S/C29H31NO5/c1-29(2,3)23-14-10-22(11-15-23)27(32)30-25(18-20-8-6-5-7-9-20)28(33)35-19-26(31)21-12-16-24(34-4)17-13-21/h5-17,25H,18-19H2,1-4H3,(H,30,32)/t25-/m1/s1.